The van der Waals surface area contributed by atoms with Crippen molar-refractivity contribution < 1.29 is 29.7 Å². The molecule has 1 rings (SSSR count). The van der Waals surface area contributed by atoms with Crippen LogP contribution in [0.2, 0.25) is 0 Å². The number of carbonyl (C=O) groups excluding carboxylic acids is 1. The largest absolute Gasteiger partial charge is 0.507 e. The fourth-order valence-corrected chi connectivity index (χ4v) is 2.08. The van der Waals surface area contributed by atoms with Crippen LogP contribution in [0, 0.1) is 0 Å². The fourth-order valence-electron chi connectivity index (χ4n) is 2.08. The highest BCUT2D eigenvalue weighted by atomic mass is 16.4. The van der Waals surface area contributed by atoms with Gasteiger partial charge in [-0.1, -0.05) is 19.3 Å². The first-order valence-corrected chi connectivity index (χ1v) is 7.48. The van der Waals surface area contributed by atoms with Crippen LogP contribution in [0.4, 0.5) is 0 Å². The maximum absolute atomic E-state index is 11.9. The molecule has 7 heteroatoms. The van der Waals surface area contributed by atoms with E-state index in [9.17, 15) is 19.5 Å². The van der Waals surface area contributed by atoms with E-state index in [1.54, 1.807) is 0 Å². The molecule has 0 fully saturated rings. The van der Waals surface area contributed by atoms with Crippen molar-refractivity contribution in [2.45, 2.75) is 38.5 Å². The first-order valence-electron chi connectivity index (χ1n) is 7.48. The Hall–Kier alpha value is -2.57. The van der Waals surface area contributed by atoms with Crippen LogP contribution in [0.3, 0.4) is 0 Å². The Kier molecular flexibility index (Phi) is 7.59. The predicted octanol–water partition coefficient (Wildman–Crippen LogP) is 2.25. The van der Waals surface area contributed by atoms with E-state index in [1.165, 1.54) is 12.1 Å². The molecular weight excluding hydrogens is 302 g/mol. The van der Waals surface area contributed by atoms with Gasteiger partial charge in [0.05, 0.1) is 11.1 Å². The van der Waals surface area contributed by atoms with Gasteiger partial charge < -0.3 is 20.6 Å². The highest BCUT2D eigenvalue weighted by molar-refractivity contribution is 5.99. The Morgan fingerprint density at radius 1 is 0.957 bits per heavy atom. The van der Waals surface area contributed by atoms with E-state index in [0.29, 0.717) is 13.0 Å². The molecule has 23 heavy (non-hydrogen) atoms. The standard InChI is InChI=1S/C16H21NO6/c18-13-8-7-11(16(22)23)10-12(13)15(21)17-9-5-3-1-2-4-6-14(19)20/h7-8,10,18H,1-6,9H2,(H,17,21)(H,19,20)(H,22,23). The van der Waals surface area contributed by atoms with E-state index >= 15 is 0 Å². The number of carboxylic acid groups (broad SMARTS) is 2. The van der Waals surface area contributed by atoms with Gasteiger partial charge in [0.1, 0.15) is 5.75 Å². The smallest absolute Gasteiger partial charge is 0.335 e. The lowest BCUT2D eigenvalue weighted by Crippen LogP contribution is -2.24. The number of aromatic hydroxyl groups is 1. The minimum absolute atomic E-state index is 0.0635. The first-order chi connectivity index (χ1) is 10.9. The van der Waals surface area contributed by atoms with E-state index in [4.69, 9.17) is 10.2 Å². The van der Waals surface area contributed by atoms with E-state index in [2.05, 4.69) is 5.32 Å². The van der Waals surface area contributed by atoms with Crippen molar-refractivity contribution in [3.63, 3.8) is 0 Å². The summed E-state index contributed by atoms with van der Waals surface area (Å²) in [5, 5.41) is 29.6. The molecule has 0 aromatic heterocycles. The Morgan fingerprint density at radius 3 is 2.26 bits per heavy atom. The molecule has 0 atom stereocenters. The van der Waals surface area contributed by atoms with Crippen molar-refractivity contribution in [3.8, 4) is 5.75 Å². The van der Waals surface area contributed by atoms with Gasteiger partial charge in [0, 0.05) is 13.0 Å². The lowest BCUT2D eigenvalue weighted by molar-refractivity contribution is -0.137. The highest BCUT2D eigenvalue weighted by Crippen LogP contribution is 2.18. The molecule has 0 radical (unpaired) electrons. The fraction of sp³-hybridized carbons (Fsp3) is 0.438. The quantitative estimate of drug-likeness (QED) is 0.490. The summed E-state index contributed by atoms with van der Waals surface area (Å²) in [6.07, 6.45) is 4.15. The lowest BCUT2D eigenvalue weighted by atomic mass is 10.1. The Bertz CT molecular complexity index is 570. The third-order valence-electron chi connectivity index (χ3n) is 3.34. The number of amides is 1. The third kappa shape index (κ3) is 6.82. The minimum atomic E-state index is -1.17. The monoisotopic (exact) mass is 323 g/mol. The number of phenols is 1. The van der Waals surface area contributed by atoms with Gasteiger partial charge >= 0.3 is 11.9 Å². The number of nitrogens with one attached hydrogen (secondary N) is 1. The van der Waals surface area contributed by atoms with Gasteiger partial charge in [-0.05, 0) is 31.0 Å². The molecule has 0 saturated carbocycles. The van der Waals surface area contributed by atoms with Crippen LogP contribution >= 0.6 is 0 Å². The molecule has 4 N–H and O–H groups in total. The third-order valence-corrected chi connectivity index (χ3v) is 3.34. The van der Waals surface area contributed by atoms with Crippen LogP contribution in [-0.4, -0.2) is 39.7 Å². The molecule has 1 amide bonds. The average molecular weight is 323 g/mol. The van der Waals surface area contributed by atoms with E-state index in [-0.39, 0.29) is 23.3 Å². The second-order valence-corrected chi connectivity index (χ2v) is 5.20. The van der Waals surface area contributed by atoms with Crippen molar-refractivity contribution in [2.75, 3.05) is 6.54 Å². The second kappa shape index (κ2) is 9.45. The highest BCUT2D eigenvalue weighted by Gasteiger charge is 2.14. The number of hydrogen-bond donors (Lipinski definition) is 4. The van der Waals surface area contributed by atoms with Crippen molar-refractivity contribution in [2.24, 2.45) is 0 Å². The number of aliphatic carboxylic acids is 1. The van der Waals surface area contributed by atoms with Gasteiger partial charge in [0.25, 0.3) is 5.91 Å². The average Bonchev–Trinajstić information content (AvgIpc) is 2.49. The van der Waals surface area contributed by atoms with Gasteiger partial charge in [0.15, 0.2) is 0 Å². The molecule has 1 aromatic carbocycles. The summed E-state index contributed by atoms with van der Waals surface area (Å²) in [7, 11) is 0. The Balaban J connectivity index is 2.30. The van der Waals surface area contributed by atoms with Crippen molar-refractivity contribution in [1.82, 2.24) is 5.32 Å². The maximum Gasteiger partial charge on any atom is 0.335 e. The van der Waals surface area contributed by atoms with Crippen molar-refractivity contribution in [3.05, 3.63) is 29.3 Å². The summed E-state index contributed by atoms with van der Waals surface area (Å²) in [6, 6.07) is 3.55. The van der Waals surface area contributed by atoms with E-state index in [1.807, 2.05) is 0 Å². The summed E-state index contributed by atoms with van der Waals surface area (Å²) >= 11 is 0. The van der Waals surface area contributed by atoms with Crippen LogP contribution in [0.25, 0.3) is 0 Å². The zero-order valence-corrected chi connectivity index (χ0v) is 12.7. The number of carbonyl (C=O) groups is 3. The molecule has 0 bridgehead atoms. The maximum atomic E-state index is 11.9. The minimum Gasteiger partial charge on any atom is -0.507 e. The predicted molar refractivity (Wildman–Crippen MR) is 82.7 cm³/mol. The molecule has 1 aromatic rings. The Morgan fingerprint density at radius 2 is 1.61 bits per heavy atom. The van der Waals surface area contributed by atoms with Crippen LogP contribution in [0.5, 0.6) is 5.75 Å². The molecule has 0 unspecified atom stereocenters. The number of unbranched alkanes of at least 4 members (excludes halogenated alkanes) is 4. The topological polar surface area (TPSA) is 124 Å². The van der Waals surface area contributed by atoms with Crippen LogP contribution in [0.1, 0.15) is 59.2 Å². The van der Waals surface area contributed by atoms with Crippen molar-refractivity contribution in [1.29, 1.82) is 0 Å². The molecule has 0 saturated heterocycles. The summed E-state index contributed by atoms with van der Waals surface area (Å²) in [6.45, 7) is 0.411. The summed E-state index contributed by atoms with van der Waals surface area (Å²) in [5.74, 6) is -2.74. The molecule has 7 nitrogen and oxygen atoms in total. The molecular formula is C16H21NO6. The normalized spacial score (nSPS) is 10.3. The molecule has 126 valence electrons. The summed E-state index contributed by atoms with van der Waals surface area (Å²) < 4.78 is 0. The number of phenolic OH excluding ortho intramolecular Hbond substituents is 1. The number of benzene rings is 1. The summed E-state index contributed by atoms with van der Waals surface area (Å²) in [4.78, 5) is 33.1. The van der Waals surface area contributed by atoms with Gasteiger partial charge in [-0.15, -0.1) is 0 Å². The van der Waals surface area contributed by atoms with E-state index < -0.39 is 17.8 Å². The zero-order chi connectivity index (χ0) is 17.2. The molecule has 0 heterocycles. The lowest BCUT2D eigenvalue weighted by Gasteiger charge is -2.07. The first kappa shape index (κ1) is 18.5. The number of aromatic carboxylic acids is 1. The van der Waals surface area contributed by atoms with Crippen LogP contribution in [-0.2, 0) is 4.79 Å². The molecule has 0 aliphatic rings. The van der Waals surface area contributed by atoms with Gasteiger partial charge in [-0.2, -0.15) is 0 Å². The van der Waals surface area contributed by atoms with E-state index in [0.717, 1.165) is 31.7 Å². The van der Waals surface area contributed by atoms with Crippen molar-refractivity contribution >= 4 is 17.8 Å². The zero-order valence-electron chi connectivity index (χ0n) is 12.7. The second-order valence-electron chi connectivity index (χ2n) is 5.20. The van der Waals surface area contributed by atoms with Crippen LogP contribution < -0.4 is 5.32 Å². The van der Waals surface area contributed by atoms with Gasteiger partial charge in [-0.25, -0.2) is 4.79 Å². The molecule has 0 spiro atoms. The Labute approximate surface area is 133 Å². The van der Waals surface area contributed by atoms with Gasteiger partial charge in [0.2, 0.25) is 0 Å². The summed E-state index contributed by atoms with van der Waals surface area (Å²) in [5.41, 5.74) is -0.127. The molecule has 0 aliphatic heterocycles. The van der Waals surface area contributed by atoms with Crippen LogP contribution in [0.15, 0.2) is 18.2 Å². The number of rotatable bonds is 10. The number of hydrogen-bond acceptors (Lipinski definition) is 4. The SMILES string of the molecule is O=C(O)CCCCCCCNC(=O)c1cc(C(=O)O)ccc1O. The number of carboxylic acids is 2. The van der Waals surface area contributed by atoms with Gasteiger partial charge in [-0.3, -0.25) is 9.59 Å². The molecule has 0 aliphatic carbocycles.